The molecule has 5 nitrogen and oxygen atoms in total. The van der Waals surface area contributed by atoms with Gasteiger partial charge in [0.25, 0.3) is 0 Å². The molecule has 6 heteroatoms. The highest BCUT2D eigenvalue weighted by Crippen LogP contribution is 2.32. The fourth-order valence-electron chi connectivity index (χ4n) is 3.09. The molecule has 1 aliphatic heterocycles. The van der Waals surface area contributed by atoms with Crippen LogP contribution in [0.5, 0.6) is 0 Å². The van der Waals surface area contributed by atoms with Crippen LogP contribution in [-0.4, -0.2) is 27.4 Å². The van der Waals surface area contributed by atoms with Crippen LogP contribution in [0.1, 0.15) is 24.7 Å². The summed E-state index contributed by atoms with van der Waals surface area (Å²) in [4.78, 5) is 14.6. The van der Waals surface area contributed by atoms with Gasteiger partial charge in [0, 0.05) is 0 Å². The third kappa shape index (κ3) is 3.66. The van der Waals surface area contributed by atoms with Crippen molar-refractivity contribution >= 4 is 39.8 Å². The Morgan fingerprint density at radius 3 is 2.81 bits per heavy atom. The Morgan fingerprint density at radius 2 is 2.00 bits per heavy atom. The van der Waals surface area contributed by atoms with Crippen LogP contribution in [0.4, 0.5) is 0 Å². The molecular formula is C21H19N3O2S. The highest BCUT2D eigenvalue weighted by molar-refractivity contribution is 8.15. The number of furan rings is 1. The lowest BCUT2D eigenvalue weighted by Crippen LogP contribution is -2.31. The van der Waals surface area contributed by atoms with Gasteiger partial charge >= 0.3 is 0 Å². The summed E-state index contributed by atoms with van der Waals surface area (Å²) in [6.45, 7) is 2.50. The lowest BCUT2D eigenvalue weighted by atomic mass is 10.0. The second-order valence-electron chi connectivity index (χ2n) is 6.22. The van der Waals surface area contributed by atoms with Gasteiger partial charge < -0.3 is 4.42 Å². The number of amides is 1. The molecule has 1 saturated heterocycles. The molecule has 0 saturated carbocycles. The Labute approximate surface area is 161 Å². The van der Waals surface area contributed by atoms with E-state index in [1.54, 1.807) is 29.5 Å². The summed E-state index contributed by atoms with van der Waals surface area (Å²) < 4.78 is 5.23. The first-order chi connectivity index (χ1) is 13.3. The van der Waals surface area contributed by atoms with Gasteiger partial charge in [-0.3, -0.25) is 9.69 Å². The minimum absolute atomic E-state index is 0.0855. The highest BCUT2D eigenvalue weighted by Gasteiger charge is 2.37. The van der Waals surface area contributed by atoms with E-state index in [1.165, 1.54) is 11.8 Å². The van der Waals surface area contributed by atoms with E-state index in [0.717, 1.165) is 22.8 Å². The number of rotatable bonds is 5. The maximum atomic E-state index is 12.8. The second-order valence-corrected chi connectivity index (χ2v) is 7.39. The first kappa shape index (κ1) is 17.5. The van der Waals surface area contributed by atoms with Gasteiger partial charge in [0.1, 0.15) is 5.76 Å². The molecule has 1 aliphatic rings. The van der Waals surface area contributed by atoms with Gasteiger partial charge in [0.15, 0.2) is 5.17 Å². The predicted molar refractivity (Wildman–Crippen MR) is 110 cm³/mol. The number of benzene rings is 2. The Hall–Kier alpha value is -2.86. The van der Waals surface area contributed by atoms with Crippen molar-refractivity contribution in [2.75, 3.05) is 0 Å². The molecule has 1 atom stereocenters. The van der Waals surface area contributed by atoms with E-state index in [9.17, 15) is 4.79 Å². The van der Waals surface area contributed by atoms with Crippen molar-refractivity contribution in [3.05, 3.63) is 72.2 Å². The van der Waals surface area contributed by atoms with Crippen LogP contribution < -0.4 is 0 Å². The zero-order chi connectivity index (χ0) is 18.6. The molecule has 4 rings (SSSR count). The molecule has 2 aromatic carbocycles. The van der Waals surface area contributed by atoms with Crippen molar-refractivity contribution in [2.24, 2.45) is 10.2 Å². The van der Waals surface area contributed by atoms with E-state index >= 15 is 0 Å². The first-order valence-corrected chi connectivity index (χ1v) is 9.73. The van der Waals surface area contributed by atoms with Crippen molar-refractivity contribution in [3.8, 4) is 0 Å². The summed E-state index contributed by atoms with van der Waals surface area (Å²) in [6.07, 6.45) is 3.89. The van der Waals surface area contributed by atoms with E-state index in [0.29, 0.717) is 17.5 Å². The Bertz CT molecular complexity index is 1010. The number of hydrogen-bond donors (Lipinski definition) is 0. The zero-order valence-corrected chi connectivity index (χ0v) is 15.7. The lowest BCUT2D eigenvalue weighted by Gasteiger charge is -2.17. The second kappa shape index (κ2) is 7.80. The molecule has 1 fully saturated rings. The van der Waals surface area contributed by atoms with Crippen molar-refractivity contribution in [2.45, 2.75) is 25.1 Å². The maximum Gasteiger partial charge on any atom is 0.242 e. The number of fused-ring (bicyclic) bond motifs is 1. The van der Waals surface area contributed by atoms with Crippen LogP contribution >= 0.6 is 11.8 Å². The molecule has 0 N–H and O–H groups in total. The van der Waals surface area contributed by atoms with Crippen LogP contribution in [0, 0.1) is 0 Å². The predicted octanol–water partition coefficient (Wildman–Crippen LogP) is 4.68. The highest BCUT2D eigenvalue weighted by atomic mass is 32.2. The third-order valence-corrected chi connectivity index (χ3v) is 5.80. The van der Waals surface area contributed by atoms with E-state index in [2.05, 4.69) is 34.5 Å². The normalized spacial score (nSPS) is 19.0. The van der Waals surface area contributed by atoms with Gasteiger partial charge in [-0.1, -0.05) is 61.2 Å². The number of carbonyl (C=O) groups excluding carboxylic acids is 1. The fraction of sp³-hybridized carbons (Fsp3) is 0.190. The van der Waals surface area contributed by atoms with Crippen molar-refractivity contribution in [3.63, 3.8) is 0 Å². The van der Waals surface area contributed by atoms with Crippen LogP contribution in [0.3, 0.4) is 0 Å². The minimum Gasteiger partial charge on any atom is -0.463 e. The van der Waals surface area contributed by atoms with E-state index in [1.807, 2.05) is 25.1 Å². The number of amidine groups is 1. The molecule has 0 spiro atoms. The molecule has 0 unspecified atom stereocenters. The van der Waals surface area contributed by atoms with Gasteiger partial charge in [-0.05, 0) is 34.9 Å². The molecule has 0 radical (unpaired) electrons. The van der Waals surface area contributed by atoms with Gasteiger partial charge in [0.2, 0.25) is 5.91 Å². The molecule has 3 aromatic rings. The molecule has 0 bridgehead atoms. The molecule has 2 heterocycles. The van der Waals surface area contributed by atoms with Crippen molar-refractivity contribution in [1.82, 2.24) is 4.90 Å². The number of thioether (sulfide) groups is 1. The van der Waals surface area contributed by atoms with Crippen LogP contribution in [0.2, 0.25) is 0 Å². The summed E-state index contributed by atoms with van der Waals surface area (Å²) in [5.41, 5.74) is 1.10. The molecular weight excluding hydrogens is 358 g/mol. The van der Waals surface area contributed by atoms with Crippen LogP contribution in [-0.2, 0) is 11.3 Å². The number of nitrogens with zero attached hydrogens (tertiary/aromatic N) is 3. The molecule has 1 amide bonds. The number of carbonyl (C=O) groups is 1. The van der Waals surface area contributed by atoms with E-state index in [4.69, 9.17) is 4.42 Å². The molecule has 27 heavy (non-hydrogen) atoms. The van der Waals surface area contributed by atoms with Gasteiger partial charge in [-0.15, -0.1) is 5.10 Å². The van der Waals surface area contributed by atoms with Gasteiger partial charge in [0.05, 0.1) is 24.3 Å². The number of hydrogen-bond acceptors (Lipinski definition) is 5. The standard InChI is InChI=1S/C21H19N3O2S/c1-2-19-20(25)24(21(27-19)23-22-13-17-10-6-12-26-17)14-16-9-5-8-15-7-3-4-11-18(15)16/h3-13,19H,2,14H2,1H3/b22-13-,23-21+/t19-/m0/s1. The molecule has 136 valence electrons. The monoisotopic (exact) mass is 377 g/mol. The first-order valence-electron chi connectivity index (χ1n) is 8.85. The maximum absolute atomic E-state index is 12.8. The quantitative estimate of drug-likeness (QED) is 0.479. The summed E-state index contributed by atoms with van der Waals surface area (Å²) in [5, 5.41) is 11.2. The Balaban J connectivity index is 1.64. The summed E-state index contributed by atoms with van der Waals surface area (Å²) in [5.74, 6) is 0.712. The van der Waals surface area contributed by atoms with E-state index < -0.39 is 0 Å². The average Bonchev–Trinajstić information content (AvgIpc) is 3.31. The molecule has 0 aliphatic carbocycles. The van der Waals surface area contributed by atoms with Crippen molar-refractivity contribution in [1.29, 1.82) is 0 Å². The van der Waals surface area contributed by atoms with Gasteiger partial charge in [-0.25, -0.2) is 0 Å². The average molecular weight is 377 g/mol. The van der Waals surface area contributed by atoms with E-state index in [-0.39, 0.29) is 11.2 Å². The zero-order valence-electron chi connectivity index (χ0n) is 14.9. The Morgan fingerprint density at radius 1 is 1.15 bits per heavy atom. The molecule has 1 aromatic heterocycles. The minimum atomic E-state index is -0.113. The summed E-state index contributed by atoms with van der Waals surface area (Å²) >= 11 is 1.47. The van der Waals surface area contributed by atoms with Crippen LogP contribution in [0.15, 0.2) is 75.5 Å². The van der Waals surface area contributed by atoms with Crippen LogP contribution in [0.25, 0.3) is 10.8 Å². The summed E-state index contributed by atoms with van der Waals surface area (Å²) in [6, 6.07) is 18.0. The lowest BCUT2D eigenvalue weighted by molar-refractivity contribution is -0.126. The SMILES string of the molecule is CC[C@@H]1S/C(=N/N=C\c2ccco2)N(Cc2cccc3ccccc23)C1=O. The Kier molecular flexibility index (Phi) is 5.07. The smallest absolute Gasteiger partial charge is 0.242 e. The third-order valence-electron chi connectivity index (χ3n) is 4.47. The topological polar surface area (TPSA) is 58.2 Å². The summed E-state index contributed by atoms with van der Waals surface area (Å²) in [7, 11) is 0. The van der Waals surface area contributed by atoms with Gasteiger partial charge in [-0.2, -0.15) is 5.10 Å². The largest absolute Gasteiger partial charge is 0.463 e. The fourth-order valence-corrected chi connectivity index (χ4v) is 4.12. The van der Waals surface area contributed by atoms with Crippen molar-refractivity contribution < 1.29 is 9.21 Å².